The standard InChI is InChI=1S/C15H27NO2/c1-2-16(13-8-4-3-5-9-13)15(17)12-18-14-10-6-7-11-14/h13-14H,2-12H2,1H3. The second-order valence-electron chi connectivity index (χ2n) is 5.69. The summed E-state index contributed by atoms with van der Waals surface area (Å²) in [6.45, 7) is 3.22. The van der Waals surface area contributed by atoms with Crippen LogP contribution < -0.4 is 0 Å². The van der Waals surface area contributed by atoms with Crippen molar-refractivity contribution in [3.8, 4) is 0 Å². The van der Waals surface area contributed by atoms with Gasteiger partial charge in [0.05, 0.1) is 6.10 Å². The van der Waals surface area contributed by atoms with E-state index in [0.717, 1.165) is 19.4 Å². The minimum Gasteiger partial charge on any atom is -0.368 e. The summed E-state index contributed by atoms with van der Waals surface area (Å²) in [6, 6.07) is 0.475. The van der Waals surface area contributed by atoms with Crippen LogP contribution in [0, 0.1) is 0 Å². The molecule has 0 radical (unpaired) electrons. The number of carbonyl (C=O) groups is 1. The highest BCUT2D eigenvalue weighted by Crippen LogP contribution is 2.24. The fourth-order valence-electron chi connectivity index (χ4n) is 3.36. The van der Waals surface area contributed by atoms with E-state index in [2.05, 4.69) is 6.92 Å². The molecule has 0 aromatic carbocycles. The molecule has 0 atom stereocenters. The summed E-state index contributed by atoms with van der Waals surface area (Å²) < 4.78 is 5.75. The van der Waals surface area contributed by atoms with E-state index in [4.69, 9.17) is 4.74 Å². The van der Waals surface area contributed by atoms with Crippen molar-refractivity contribution in [1.82, 2.24) is 4.90 Å². The summed E-state index contributed by atoms with van der Waals surface area (Å²) in [5.74, 6) is 0.205. The SMILES string of the molecule is CCN(C(=O)COC1CCCC1)C1CCCCC1. The van der Waals surface area contributed by atoms with Crippen LogP contribution in [0.3, 0.4) is 0 Å². The maximum Gasteiger partial charge on any atom is 0.248 e. The van der Waals surface area contributed by atoms with Crippen LogP contribution in [0.2, 0.25) is 0 Å². The molecule has 0 N–H and O–H groups in total. The fraction of sp³-hybridized carbons (Fsp3) is 0.933. The van der Waals surface area contributed by atoms with Gasteiger partial charge in [0.15, 0.2) is 0 Å². The lowest BCUT2D eigenvalue weighted by Gasteiger charge is -2.33. The summed E-state index contributed by atoms with van der Waals surface area (Å²) in [5, 5.41) is 0. The average Bonchev–Trinajstić information content (AvgIpc) is 2.92. The summed E-state index contributed by atoms with van der Waals surface area (Å²) in [6.07, 6.45) is 11.4. The molecule has 1 amide bonds. The first-order valence-electron chi connectivity index (χ1n) is 7.72. The van der Waals surface area contributed by atoms with Crippen LogP contribution in [0.5, 0.6) is 0 Å². The second-order valence-corrected chi connectivity index (χ2v) is 5.69. The molecule has 2 saturated carbocycles. The first kappa shape index (κ1) is 13.9. The van der Waals surface area contributed by atoms with E-state index in [-0.39, 0.29) is 5.91 Å². The van der Waals surface area contributed by atoms with E-state index in [9.17, 15) is 4.79 Å². The summed E-state index contributed by atoms with van der Waals surface area (Å²) >= 11 is 0. The van der Waals surface area contributed by atoms with Crippen molar-refractivity contribution >= 4 is 5.91 Å². The zero-order chi connectivity index (χ0) is 12.8. The van der Waals surface area contributed by atoms with Gasteiger partial charge in [0.1, 0.15) is 6.61 Å². The molecule has 0 spiro atoms. The van der Waals surface area contributed by atoms with E-state index in [0.29, 0.717) is 18.8 Å². The normalized spacial score (nSPS) is 22.3. The highest BCUT2D eigenvalue weighted by Gasteiger charge is 2.25. The van der Waals surface area contributed by atoms with Crippen LogP contribution in [0.4, 0.5) is 0 Å². The third-order valence-electron chi connectivity index (χ3n) is 4.42. The molecule has 0 aromatic heterocycles. The van der Waals surface area contributed by atoms with Crippen LogP contribution in [0.15, 0.2) is 0 Å². The lowest BCUT2D eigenvalue weighted by atomic mass is 9.94. The third kappa shape index (κ3) is 3.71. The number of hydrogen-bond acceptors (Lipinski definition) is 2. The Kier molecular flexibility index (Phi) is 5.48. The second kappa shape index (κ2) is 7.13. The van der Waals surface area contributed by atoms with Crippen LogP contribution >= 0.6 is 0 Å². The lowest BCUT2D eigenvalue weighted by molar-refractivity contribution is -0.140. The number of hydrogen-bond donors (Lipinski definition) is 0. The van der Waals surface area contributed by atoms with Gasteiger partial charge < -0.3 is 9.64 Å². The molecule has 2 rings (SSSR count). The fourth-order valence-corrected chi connectivity index (χ4v) is 3.36. The Morgan fingerprint density at radius 1 is 1.06 bits per heavy atom. The lowest BCUT2D eigenvalue weighted by Crippen LogP contribution is -2.43. The highest BCUT2D eigenvalue weighted by atomic mass is 16.5. The van der Waals surface area contributed by atoms with Gasteiger partial charge in [-0.15, -0.1) is 0 Å². The Labute approximate surface area is 111 Å². The van der Waals surface area contributed by atoms with Gasteiger partial charge in [-0.2, -0.15) is 0 Å². The van der Waals surface area contributed by atoms with Crippen molar-refractivity contribution in [3.05, 3.63) is 0 Å². The van der Waals surface area contributed by atoms with Gasteiger partial charge in [0.2, 0.25) is 5.91 Å². The molecule has 0 unspecified atom stereocenters. The predicted octanol–water partition coefficient (Wildman–Crippen LogP) is 3.13. The molecule has 3 heteroatoms. The first-order valence-corrected chi connectivity index (χ1v) is 7.72. The average molecular weight is 253 g/mol. The van der Waals surface area contributed by atoms with Gasteiger partial charge in [0.25, 0.3) is 0 Å². The van der Waals surface area contributed by atoms with Crippen LogP contribution in [-0.4, -0.2) is 36.1 Å². The molecule has 2 aliphatic carbocycles. The Hall–Kier alpha value is -0.570. The van der Waals surface area contributed by atoms with Crippen LogP contribution in [0.1, 0.15) is 64.7 Å². The van der Waals surface area contributed by atoms with E-state index >= 15 is 0 Å². The van der Waals surface area contributed by atoms with Gasteiger partial charge in [0, 0.05) is 12.6 Å². The van der Waals surface area contributed by atoms with Gasteiger partial charge in [-0.25, -0.2) is 0 Å². The van der Waals surface area contributed by atoms with Gasteiger partial charge in [-0.05, 0) is 32.6 Å². The highest BCUT2D eigenvalue weighted by molar-refractivity contribution is 5.77. The Bertz CT molecular complexity index is 255. The Morgan fingerprint density at radius 3 is 2.28 bits per heavy atom. The van der Waals surface area contributed by atoms with Crippen molar-refractivity contribution in [1.29, 1.82) is 0 Å². The molecular formula is C15H27NO2. The molecule has 18 heavy (non-hydrogen) atoms. The zero-order valence-corrected chi connectivity index (χ0v) is 11.7. The van der Waals surface area contributed by atoms with Crippen LogP contribution in [-0.2, 0) is 9.53 Å². The molecule has 0 saturated heterocycles. The third-order valence-corrected chi connectivity index (χ3v) is 4.42. The minimum absolute atomic E-state index is 0.205. The van der Waals surface area contributed by atoms with E-state index in [1.54, 1.807) is 0 Å². The van der Waals surface area contributed by atoms with E-state index in [1.807, 2.05) is 4.90 Å². The molecule has 0 heterocycles. The smallest absolute Gasteiger partial charge is 0.248 e. The maximum absolute atomic E-state index is 12.2. The van der Waals surface area contributed by atoms with Gasteiger partial charge >= 0.3 is 0 Å². The Morgan fingerprint density at radius 2 is 1.67 bits per heavy atom. The van der Waals surface area contributed by atoms with Crippen molar-refractivity contribution < 1.29 is 9.53 Å². The quantitative estimate of drug-likeness (QED) is 0.753. The van der Waals surface area contributed by atoms with Crippen LogP contribution in [0.25, 0.3) is 0 Å². The number of nitrogens with zero attached hydrogens (tertiary/aromatic N) is 1. The number of carbonyl (C=O) groups excluding carboxylic acids is 1. The minimum atomic E-state index is 0.205. The number of amides is 1. The van der Waals surface area contributed by atoms with Gasteiger partial charge in [-0.3, -0.25) is 4.79 Å². The van der Waals surface area contributed by atoms with E-state index in [1.165, 1.54) is 44.9 Å². The monoisotopic (exact) mass is 253 g/mol. The number of likely N-dealkylation sites (N-methyl/N-ethyl adjacent to an activating group) is 1. The maximum atomic E-state index is 12.2. The zero-order valence-electron chi connectivity index (χ0n) is 11.7. The van der Waals surface area contributed by atoms with Crippen molar-refractivity contribution in [2.24, 2.45) is 0 Å². The molecule has 2 fully saturated rings. The van der Waals surface area contributed by atoms with Crippen molar-refractivity contribution in [2.45, 2.75) is 76.9 Å². The van der Waals surface area contributed by atoms with Crippen molar-refractivity contribution in [3.63, 3.8) is 0 Å². The molecule has 0 bridgehead atoms. The molecular weight excluding hydrogens is 226 g/mol. The topological polar surface area (TPSA) is 29.5 Å². The molecule has 3 nitrogen and oxygen atoms in total. The number of rotatable bonds is 5. The van der Waals surface area contributed by atoms with Crippen molar-refractivity contribution in [2.75, 3.05) is 13.2 Å². The van der Waals surface area contributed by atoms with Gasteiger partial charge in [-0.1, -0.05) is 32.1 Å². The molecule has 2 aliphatic rings. The molecule has 0 aromatic rings. The number of ether oxygens (including phenoxy) is 1. The largest absolute Gasteiger partial charge is 0.368 e. The molecule has 0 aliphatic heterocycles. The predicted molar refractivity (Wildman–Crippen MR) is 72.5 cm³/mol. The Balaban J connectivity index is 1.76. The summed E-state index contributed by atoms with van der Waals surface area (Å²) in [4.78, 5) is 14.3. The summed E-state index contributed by atoms with van der Waals surface area (Å²) in [7, 11) is 0. The summed E-state index contributed by atoms with van der Waals surface area (Å²) in [5.41, 5.74) is 0. The van der Waals surface area contributed by atoms with E-state index < -0.39 is 0 Å². The molecule has 104 valence electrons. The first-order chi connectivity index (χ1) is 8.81.